The number of hydrogen-bond acceptors (Lipinski definition) is 4. The smallest absolute Gasteiger partial charge is 0.151 e. The van der Waals surface area contributed by atoms with Gasteiger partial charge in [-0.25, -0.2) is 8.42 Å². The highest BCUT2D eigenvalue weighted by Gasteiger charge is 2.23. The van der Waals surface area contributed by atoms with Crippen molar-refractivity contribution in [1.82, 2.24) is 4.90 Å². The van der Waals surface area contributed by atoms with Gasteiger partial charge in [0.25, 0.3) is 0 Å². The summed E-state index contributed by atoms with van der Waals surface area (Å²) in [7, 11) is -2.79. The summed E-state index contributed by atoms with van der Waals surface area (Å²) in [5.41, 5.74) is 6.24. The van der Waals surface area contributed by atoms with E-state index in [1.807, 2.05) is 0 Å². The quantitative estimate of drug-likeness (QED) is 0.820. The van der Waals surface area contributed by atoms with Gasteiger partial charge >= 0.3 is 0 Å². The molecular weight excluding hydrogens is 236 g/mol. The third-order valence-electron chi connectivity index (χ3n) is 3.52. The van der Waals surface area contributed by atoms with Crippen LogP contribution in [0.3, 0.4) is 0 Å². The zero-order chi connectivity index (χ0) is 13.1. The molecule has 1 aliphatic heterocycles. The molecule has 0 bridgehead atoms. The Bertz CT molecular complexity index is 333. The van der Waals surface area contributed by atoms with Crippen molar-refractivity contribution in [3.05, 3.63) is 0 Å². The Morgan fingerprint density at radius 1 is 1.24 bits per heavy atom. The summed E-state index contributed by atoms with van der Waals surface area (Å²) >= 11 is 0. The summed E-state index contributed by atoms with van der Waals surface area (Å²) in [5.74, 6) is 0.645. The van der Waals surface area contributed by atoms with Gasteiger partial charge in [-0.2, -0.15) is 0 Å². The van der Waals surface area contributed by atoms with Gasteiger partial charge in [0.15, 0.2) is 9.84 Å². The van der Waals surface area contributed by atoms with Crippen LogP contribution in [0.25, 0.3) is 0 Å². The number of nitrogens with zero attached hydrogens (tertiary/aromatic N) is 1. The van der Waals surface area contributed by atoms with E-state index in [0.29, 0.717) is 18.1 Å². The van der Waals surface area contributed by atoms with Crippen LogP contribution in [0.4, 0.5) is 0 Å². The molecule has 1 heterocycles. The molecule has 1 atom stereocenters. The minimum Gasteiger partial charge on any atom is -0.327 e. The lowest BCUT2D eigenvalue weighted by Crippen LogP contribution is -2.39. The van der Waals surface area contributed by atoms with Crippen molar-refractivity contribution in [2.24, 2.45) is 11.1 Å². The van der Waals surface area contributed by atoms with Gasteiger partial charge in [-0.1, -0.05) is 20.8 Å². The lowest BCUT2D eigenvalue weighted by atomic mass is 9.85. The van der Waals surface area contributed by atoms with E-state index >= 15 is 0 Å². The second-order valence-electron chi connectivity index (χ2n) is 6.11. The SMILES string of the molecule is CC(C)(C)C(N)CCN1CCCS(=O)(=O)CC1. The van der Waals surface area contributed by atoms with E-state index in [9.17, 15) is 8.42 Å². The first-order valence-electron chi connectivity index (χ1n) is 6.39. The van der Waals surface area contributed by atoms with Crippen molar-refractivity contribution >= 4 is 9.84 Å². The van der Waals surface area contributed by atoms with Crippen molar-refractivity contribution < 1.29 is 8.42 Å². The Balaban J connectivity index is 2.38. The monoisotopic (exact) mass is 262 g/mol. The Labute approximate surface area is 105 Å². The van der Waals surface area contributed by atoms with Crippen LogP contribution in [0.5, 0.6) is 0 Å². The molecule has 0 radical (unpaired) electrons. The van der Waals surface area contributed by atoms with Crippen molar-refractivity contribution in [2.45, 2.75) is 39.7 Å². The normalized spacial score (nSPS) is 24.2. The Kier molecular flexibility index (Phi) is 4.98. The predicted octanol–water partition coefficient (Wildman–Crippen LogP) is 0.870. The molecule has 1 fully saturated rings. The topological polar surface area (TPSA) is 63.4 Å². The summed E-state index contributed by atoms with van der Waals surface area (Å²) in [5, 5.41) is 0. The molecule has 1 unspecified atom stereocenters. The number of rotatable bonds is 3. The molecule has 1 aliphatic rings. The molecular formula is C12H26N2O2S. The van der Waals surface area contributed by atoms with Crippen molar-refractivity contribution in [3.63, 3.8) is 0 Å². The fourth-order valence-electron chi connectivity index (χ4n) is 1.97. The maximum atomic E-state index is 11.5. The molecule has 102 valence electrons. The highest BCUT2D eigenvalue weighted by Crippen LogP contribution is 2.20. The molecule has 0 spiro atoms. The summed E-state index contributed by atoms with van der Waals surface area (Å²) in [6.07, 6.45) is 1.69. The lowest BCUT2D eigenvalue weighted by Gasteiger charge is -2.29. The van der Waals surface area contributed by atoms with Crippen LogP contribution in [0.1, 0.15) is 33.6 Å². The minimum absolute atomic E-state index is 0.123. The molecule has 1 saturated heterocycles. The van der Waals surface area contributed by atoms with E-state index in [4.69, 9.17) is 5.73 Å². The van der Waals surface area contributed by atoms with Gasteiger partial charge < -0.3 is 10.6 Å². The van der Waals surface area contributed by atoms with Gasteiger partial charge in [0.05, 0.1) is 11.5 Å². The van der Waals surface area contributed by atoms with Gasteiger partial charge in [-0.05, 0) is 31.3 Å². The summed E-state index contributed by atoms with van der Waals surface area (Å²) < 4.78 is 22.9. The molecule has 0 aromatic rings. The third kappa shape index (κ3) is 5.36. The van der Waals surface area contributed by atoms with Crippen molar-refractivity contribution in [2.75, 3.05) is 31.1 Å². The van der Waals surface area contributed by atoms with Gasteiger partial charge in [0.2, 0.25) is 0 Å². The average molecular weight is 262 g/mol. The number of sulfone groups is 1. The summed E-state index contributed by atoms with van der Waals surface area (Å²) in [6.45, 7) is 8.89. The fourth-order valence-corrected chi connectivity index (χ4v) is 3.28. The van der Waals surface area contributed by atoms with Crippen LogP contribution in [0.15, 0.2) is 0 Å². The van der Waals surface area contributed by atoms with E-state index in [1.165, 1.54) is 0 Å². The van der Waals surface area contributed by atoms with E-state index in [1.54, 1.807) is 0 Å². The number of hydrogen-bond donors (Lipinski definition) is 1. The third-order valence-corrected chi connectivity index (χ3v) is 5.23. The second-order valence-corrected chi connectivity index (χ2v) is 8.41. The van der Waals surface area contributed by atoms with Crippen LogP contribution in [-0.4, -0.2) is 50.5 Å². The van der Waals surface area contributed by atoms with E-state index in [0.717, 1.165) is 25.9 Å². The molecule has 4 nitrogen and oxygen atoms in total. The van der Waals surface area contributed by atoms with E-state index < -0.39 is 9.84 Å². The molecule has 0 aromatic heterocycles. The van der Waals surface area contributed by atoms with Crippen molar-refractivity contribution in [1.29, 1.82) is 0 Å². The zero-order valence-corrected chi connectivity index (χ0v) is 12.1. The molecule has 0 amide bonds. The summed E-state index contributed by atoms with van der Waals surface area (Å²) in [4.78, 5) is 2.23. The Morgan fingerprint density at radius 3 is 2.47 bits per heavy atom. The van der Waals surface area contributed by atoms with Crippen molar-refractivity contribution in [3.8, 4) is 0 Å². The van der Waals surface area contributed by atoms with Crippen LogP contribution in [-0.2, 0) is 9.84 Å². The lowest BCUT2D eigenvalue weighted by molar-refractivity contribution is 0.238. The largest absolute Gasteiger partial charge is 0.327 e. The maximum Gasteiger partial charge on any atom is 0.151 e. The Hall–Kier alpha value is -0.130. The molecule has 2 N–H and O–H groups in total. The average Bonchev–Trinajstić information content (AvgIpc) is 2.34. The Morgan fingerprint density at radius 2 is 1.88 bits per heavy atom. The number of nitrogens with two attached hydrogens (primary N) is 1. The van der Waals surface area contributed by atoms with Gasteiger partial charge in [0.1, 0.15) is 0 Å². The van der Waals surface area contributed by atoms with Crippen LogP contribution in [0.2, 0.25) is 0 Å². The second kappa shape index (κ2) is 5.67. The minimum atomic E-state index is -2.79. The maximum absolute atomic E-state index is 11.5. The highest BCUT2D eigenvalue weighted by atomic mass is 32.2. The van der Waals surface area contributed by atoms with Gasteiger partial charge in [-0.3, -0.25) is 0 Å². The molecule has 17 heavy (non-hydrogen) atoms. The molecule has 0 aromatic carbocycles. The molecule has 5 heteroatoms. The first-order valence-corrected chi connectivity index (χ1v) is 8.21. The molecule has 1 rings (SSSR count). The van der Waals surface area contributed by atoms with Crippen LogP contribution < -0.4 is 5.73 Å². The van der Waals surface area contributed by atoms with Crippen LogP contribution in [0, 0.1) is 5.41 Å². The molecule has 0 aliphatic carbocycles. The highest BCUT2D eigenvalue weighted by molar-refractivity contribution is 7.91. The van der Waals surface area contributed by atoms with Crippen LogP contribution >= 0.6 is 0 Å². The first kappa shape index (κ1) is 14.9. The fraction of sp³-hybridized carbons (Fsp3) is 1.00. The molecule has 0 saturated carbocycles. The van der Waals surface area contributed by atoms with E-state index in [-0.39, 0.29) is 11.5 Å². The van der Waals surface area contributed by atoms with Gasteiger partial charge in [-0.15, -0.1) is 0 Å². The zero-order valence-electron chi connectivity index (χ0n) is 11.3. The standard InChI is InChI=1S/C12H26N2O2S/c1-12(2,3)11(13)5-7-14-6-4-9-17(15,16)10-8-14/h11H,4-10,13H2,1-3H3. The van der Waals surface area contributed by atoms with E-state index in [2.05, 4.69) is 25.7 Å². The summed E-state index contributed by atoms with van der Waals surface area (Å²) in [6, 6.07) is 0.169. The van der Waals surface area contributed by atoms with Gasteiger partial charge in [0, 0.05) is 12.6 Å². The predicted molar refractivity (Wildman–Crippen MR) is 71.8 cm³/mol. The first-order chi connectivity index (χ1) is 7.71.